The summed E-state index contributed by atoms with van der Waals surface area (Å²) in [7, 11) is 0. The second kappa shape index (κ2) is 6.59. The number of fused-ring (bicyclic) bond motifs is 5. The molecule has 150 valence electrons. The average molecular weight is 374 g/mol. The largest absolute Gasteiger partial charge is 0.350 e. The predicted octanol–water partition coefficient (Wildman–Crippen LogP) is 4.26. The first-order valence-electron chi connectivity index (χ1n) is 10.9. The highest BCUT2D eigenvalue weighted by atomic mass is 16.2. The Morgan fingerprint density at radius 2 is 1.81 bits per heavy atom. The lowest BCUT2D eigenvalue weighted by Gasteiger charge is -2.60. The number of hydrogen-bond acceptors (Lipinski definition) is 3. The standard InChI is InChI=1S/C22H35N3O2/c1-13(24-25-20(23)27)17-6-7-18-16-5-4-14-12-15(26)8-10-21(14,2)19(16)9-11-22(17,18)3/h14,16-19H,4-12H2,1-3H3,(H3,23,25,27)/b24-13-/t14-,16-,17+,18-,19-,21-,22+/m0/s1. The van der Waals surface area contributed by atoms with Crippen LogP contribution in [0.25, 0.3) is 0 Å². The van der Waals surface area contributed by atoms with Crippen molar-refractivity contribution in [3.05, 3.63) is 0 Å². The number of primary amides is 1. The van der Waals surface area contributed by atoms with Crippen LogP contribution >= 0.6 is 0 Å². The van der Waals surface area contributed by atoms with Gasteiger partial charge >= 0.3 is 6.03 Å². The van der Waals surface area contributed by atoms with E-state index < -0.39 is 6.03 Å². The van der Waals surface area contributed by atoms with Crippen molar-refractivity contribution in [3.63, 3.8) is 0 Å². The number of urea groups is 1. The maximum absolute atomic E-state index is 12.0. The SMILES string of the molecule is C/C(=N/NC(N)=O)[C@H]1CC[C@H]2[C@@H]3CC[C@H]4CC(=O)CC[C@]4(C)[C@H]3CC[C@]12C. The fourth-order valence-corrected chi connectivity index (χ4v) is 7.95. The third-order valence-electron chi connectivity index (χ3n) is 9.33. The van der Waals surface area contributed by atoms with Gasteiger partial charge in [0.05, 0.1) is 0 Å². The zero-order valence-electron chi connectivity index (χ0n) is 17.1. The highest BCUT2D eigenvalue weighted by Crippen LogP contribution is 2.67. The van der Waals surface area contributed by atoms with Crippen LogP contribution < -0.4 is 11.2 Å². The van der Waals surface area contributed by atoms with Crippen LogP contribution in [0.3, 0.4) is 0 Å². The van der Waals surface area contributed by atoms with Crippen LogP contribution in [0.5, 0.6) is 0 Å². The summed E-state index contributed by atoms with van der Waals surface area (Å²) < 4.78 is 0. The van der Waals surface area contributed by atoms with Gasteiger partial charge in [0.25, 0.3) is 0 Å². The maximum atomic E-state index is 12.0. The zero-order valence-corrected chi connectivity index (χ0v) is 17.1. The molecule has 7 atom stereocenters. The van der Waals surface area contributed by atoms with Crippen molar-refractivity contribution >= 4 is 17.5 Å². The van der Waals surface area contributed by atoms with Gasteiger partial charge in [0.15, 0.2) is 0 Å². The van der Waals surface area contributed by atoms with Crippen molar-refractivity contribution < 1.29 is 9.59 Å². The second-order valence-electron chi connectivity index (χ2n) is 10.3. The third kappa shape index (κ3) is 2.92. The Kier molecular flexibility index (Phi) is 4.63. The molecule has 0 bridgehead atoms. The van der Waals surface area contributed by atoms with E-state index in [2.05, 4.69) is 24.4 Å². The molecule has 0 aliphatic heterocycles. The number of amides is 2. The molecular formula is C22H35N3O2. The highest BCUT2D eigenvalue weighted by Gasteiger charge is 2.60. The quantitative estimate of drug-likeness (QED) is 0.560. The number of Topliss-reactive ketones (excluding diaryl/α,β-unsaturated/α-hetero) is 1. The summed E-state index contributed by atoms with van der Waals surface area (Å²) in [4.78, 5) is 23.1. The molecule has 0 radical (unpaired) electrons. The Labute approximate surface area is 162 Å². The van der Waals surface area contributed by atoms with Crippen molar-refractivity contribution in [1.29, 1.82) is 0 Å². The fourth-order valence-electron chi connectivity index (χ4n) is 7.95. The summed E-state index contributed by atoms with van der Waals surface area (Å²) in [5, 5.41) is 4.29. The fraction of sp³-hybridized carbons (Fsp3) is 0.864. The van der Waals surface area contributed by atoms with E-state index in [9.17, 15) is 9.59 Å². The maximum Gasteiger partial charge on any atom is 0.332 e. The number of ketones is 1. The number of hydrazone groups is 1. The molecule has 0 aromatic rings. The van der Waals surface area contributed by atoms with Crippen LogP contribution in [0.1, 0.15) is 78.6 Å². The smallest absolute Gasteiger partial charge is 0.332 e. The van der Waals surface area contributed by atoms with Gasteiger partial charge in [0.1, 0.15) is 5.78 Å². The van der Waals surface area contributed by atoms with Gasteiger partial charge in [-0.2, -0.15) is 5.10 Å². The Bertz CT molecular complexity index is 674. The first kappa shape index (κ1) is 18.9. The molecule has 0 spiro atoms. The molecule has 4 saturated carbocycles. The van der Waals surface area contributed by atoms with E-state index in [0.717, 1.165) is 42.7 Å². The number of hydrogen-bond donors (Lipinski definition) is 2. The molecule has 5 heteroatoms. The molecular weight excluding hydrogens is 338 g/mol. The minimum Gasteiger partial charge on any atom is -0.350 e. The molecule has 0 aromatic heterocycles. The van der Waals surface area contributed by atoms with Crippen LogP contribution in [-0.2, 0) is 4.79 Å². The third-order valence-corrected chi connectivity index (χ3v) is 9.33. The topological polar surface area (TPSA) is 84.5 Å². The lowest BCUT2D eigenvalue weighted by atomic mass is 9.44. The molecule has 0 unspecified atom stereocenters. The highest BCUT2D eigenvalue weighted by molar-refractivity contribution is 5.86. The first-order chi connectivity index (χ1) is 12.8. The molecule has 0 aromatic carbocycles. The Morgan fingerprint density at radius 3 is 2.56 bits per heavy atom. The van der Waals surface area contributed by atoms with Crippen molar-refractivity contribution in [2.75, 3.05) is 0 Å². The van der Waals surface area contributed by atoms with Gasteiger partial charge in [0.2, 0.25) is 0 Å². The van der Waals surface area contributed by atoms with Crippen molar-refractivity contribution in [3.8, 4) is 0 Å². The van der Waals surface area contributed by atoms with Crippen LogP contribution in [0, 0.1) is 40.4 Å². The lowest BCUT2D eigenvalue weighted by Crippen LogP contribution is -2.53. The van der Waals surface area contributed by atoms with Crippen LogP contribution in [0.4, 0.5) is 4.79 Å². The van der Waals surface area contributed by atoms with Gasteiger partial charge in [-0.3, -0.25) is 4.79 Å². The van der Waals surface area contributed by atoms with E-state index in [1.54, 1.807) is 0 Å². The number of nitrogens with one attached hydrogen (secondary N) is 1. The van der Waals surface area contributed by atoms with Gasteiger partial charge in [-0.05, 0) is 86.4 Å². The Hall–Kier alpha value is -1.39. The van der Waals surface area contributed by atoms with E-state index in [4.69, 9.17) is 5.73 Å². The molecule has 4 rings (SSSR count). The summed E-state index contributed by atoms with van der Waals surface area (Å²) in [5.41, 5.74) is 9.31. The van der Waals surface area contributed by atoms with E-state index in [1.807, 2.05) is 6.92 Å². The number of nitrogens with zero attached hydrogens (tertiary/aromatic N) is 1. The molecule has 2 amide bonds. The van der Waals surface area contributed by atoms with Gasteiger partial charge in [-0.25, -0.2) is 10.2 Å². The zero-order chi connectivity index (χ0) is 19.4. The number of nitrogens with two attached hydrogens (primary N) is 1. The minimum absolute atomic E-state index is 0.280. The normalized spacial score (nSPS) is 47.0. The van der Waals surface area contributed by atoms with Crippen LogP contribution in [0.2, 0.25) is 0 Å². The summed E-state index contributed by atoms with van der Waals surface area (Å²) >= 11 is 0. The average Bonchev–Trinajstić information content (AvgIpc) is 2.97. The van der Waals surface area contributed by atoms with Crippen molar-refractivity contribution in [2.45, 2.75) is 78.6 Å². The van der Waals surface area contributed by atoms with Crippen LogP contribution in [0.15, 0.2) is 5.10 Å². The lowest BCUT2D eigenvalue weighted by molar-refractivity contribution is -0.138. The second-order valence-corrected chi connectivity index (χ2v) is 10.3. The first-order valence-corrected chi connectivity index (χ1v) is 10.9. The number of carbonyl (C=O) groups is 2. The van der Waals surface area contributed by atoms with Crippen molar-refractivity contribution in [1.82, 2.24) is 5.43 Å². The number of carbonyl (C=O) groups excluding carboxylic acids is 2. The summed E-state index contributed by atoms with van der Waals surface area (Å²) in [6, 6.07) is -0.587. The summed E-state index contributed by atoms with van der Waals surface area (Å²) in [6.45, 7) is 7.01. The minimum atomic E-state index is -0.587. The van der Waals surface area contributed by atoms with E-state index in [1.165, 1.54) is 38.5 Å². The number of rotatable bonds is 2. The molecule has 0 heterocycles. The van der Waals surface area contributed by atoms with E-state index in [0.29, 0.717) is 23.0 Å². The molecule has 4 aliphatic rings. The van der Waals surface area contributed by atoms with E-state index in [-0.39, 0.29) is 5.41 Å². The van der Waals surface area contributed by atoms with Gasteiger partial charge in [-0.1, -0.05) is 13.8 Å². The Balaban J connectivity index is 1.56. The van der Waals surface area contributed by atoms with Gasteiger partial charge in [0, 0.05) is 24.5 Å². The molecule has 27 heavy (non-hydrogen) atoms. The predicted molar refractivity (Wildman–Crippen MR) is 106 cm³/mol. The monoisotopic (exact) mass is 373 g/mol. The summed E-state index contributed by atoms with van der Waals surface area (Å²) in [6.07, 6.45) is 10.2. The molecule has 4 aliphatic carbocycles. The molecule has 5 nitrogen and oxygen atoms in total. The van der Waals surface area contributed by atoms with Crippen molar-refractivity contribution in [2.24, 2.45) is 51.3 Å². The van der Waals surface area contributed by atoms with Crippen LogP contribution in [-0.4, -0.2) is 17.5 Å². The summed E-state index contributed by atoms with van der Waals surface area (Å²) in [5.74, 6) is 3.86. The molecule has 4 fully saturated rings. The Morgan fingerprint density at radius 1 is 1.07 bits per heavy atom. The molecule has 0 saturated heterocycles. The van der Waals surface area contributed by atoms with Gasteiger partial charge in [-0.15, -0.1) is 0 Å². The van der Waals surface area contributed by atoms with Gasteiger partial charge < -0.3 is 5.73 Å². The van der Waals surface area contributed by atoms with E-state index >= 15 is 0 Å². The molecule has 3 N–H and O–H groups in total.